The van der Waals surface area contributed by atoms with E-state index in [9.17, 15) is 13.2 Å². The number of carbonyl (C=O) groups is 1. The molecule has 2 aromatic rings. The lowest BCUT2D eigenvalue weighted by atomic mass is 10.4. The monoisotopic (exact) mass is 336 g/mol. The van der Waals surface area contributed by atoms with E-state index in [1.54, 1.807) is 18.5 Å². The minimum atomic E-state index is -3.81. The van der Waals surface area contributed by atoms with Crippen molar-refractivity contribution >= 4 is 43.8 Å². The van der Waals surface area contributed by atoms with Gasteiger partial charge in [-0.05, 0) is 6.92 Å². The van der Waals surface area contributed by atoms with Crippen LogP contribution in [0.1, 0.15) is 13.3 Å². The van der Waals surface area contributed by atoms with Gasteiger partial charge in [0.2, 0.25) is 5.91 Å². The molecule has 0 aromatic carbocycles. The van der Waals surface area contributed by atoms with Gasteiger partial charge in [0.25, 0.3) is 10.0 Å². The van der Waals surface area contributed by atoms with Crippen LogP contribution >= 0.6 is 22.9 Å². The Bertz CT molecular complexity index is 722. The molecule has 0 unspecified atom stereocenters. The number of carbonyl (C=O) groups excluding carboxylic acids is 1. The Hall–Kier alpha value is -1.16. The fourth-order valence-corrected chi connectivity index (χ4v) is 4.11. The standard InChI is InChI=1S/C10H13ClN4O3S2/c1-2-12-7(16)3-4-13-20(17,18)9-8(11)14-10-15(9)5-6-19-10/h5-6,13H,2-4H2,1H3,(H,12,16). The maximum atomic E-state index is 12.2. The van der Waals surface area contributed by atoms with Crippen molar-refractivity contribution in [2.75, 3.05) is 13.1 Å². The average Bonchev–Trinajstić information content (AvgIpc) is 2.87. The van der Waals surface area contributed by atoms with Crippen molar-refractivity contribution in [3.05, 3.63) is 16.7 Å². The lowest BCUT2D eigenvalue weighted by molar-refractivity contribution is -0.120. The van der Waals surface area contributed by atoms with Gasteiger partial charge in [0, 0.05) is 31.1 Å². The minimum absolute atomic E-state index is 0.00185. The molecule has 10 heteroatoms. The molecule has 0 aliphatic heterocycles. The minimum Gasteiger partial charge on any atom is -0.356 e. The van der Waals surface area contributed by atoms with Crippen LogP contribution in [0.15, 0.2) is 16.6 Å². The van der Waals surface area contributed by atoms with Crippen molar-refractivity contribution in [1.82, 2.24) is 19.4 Å². The van der Waals surface area contributed by atoms with Gasteiger partial charge in [-0.25, -0.2) is 18.1 Å². The highest BCUT2D eigenvalue weighted by Gasteiger charge is 2.24. The fraction of sp³-hybridized carbons (Fsp3) is 0.400. The maximum Gasteiger partial charge on any atom is 0.259 e. The summed E-state index contributed by atoms with van der Waals surface area (Å²) in [4.78, 5) is 15.7. The summed E-state index contributed by atoms with van der Waals surface area (Å²) < 4.78 is 28.1. The molecule has 2 N–H and O–H groups in total. The number of hydrogen-bond donors (Lipinski definition) is 2. The summed E-state index contributed by atoms with van der Waals surface area (Å²) in [5.74, 6) is -0.213. The summed E-state index contributed by atoms with van der Waals surface area (Å²) in [6, 6.07) is 0. The average molecular weight is 337 g/mol. The Morgan fingerprint density at radius 2 is 2.30 bits per heavy atom. The molecule has 7 nitrogen and oxygen atoms in total. The summed E-state index contributed by atoms with van der Waals surface area (Å²) in [5.41, 5.74) is 0. The molecule has 0 aliphatic rings. The van der Waals surface area contributed by atoms with E-state index in [-0.39, 0.29) is 29.1 Å². The van der Waals surface area contributed by atoms with Crippen LogP contribution in [0, 0.1) is 0 Å². The number of nitrogens with one attached hydrogen (secondary N) is 2. The molecule has 0 atom stereocenters. The predicted octanol–water partition coefficient (Wildman–Crippen LogP) is 0.854. The molecular weight excluding hydrogens is 324 g/mol. The van der Waals surface area contributed by atoms with Crippen LogP contribution in [0.4, 0.5) is 0 Å². The van der Waals surface area contributed by atoms with E-state index in [4.69, 9.17) is 11.6 Å². The lowest BCUT2D eigenvalue weighted by Gasteiger charge is -2.06. The number of hydrogen-bond acceptors (Lipinski definition) is 5. The van der Waals surface area contributed by atoms with Crippen molar-refractivity contribution in [2.24, 2.45) is 0 Å². The third kappa shape index (κ3) is 3.11. The Labute approximate surface area is 125 Å². The van der Waals surface area contributed by atoms with E-state index in [1.807, 2.05) is 0 Å². The van der Waals surface area contributed by atoms with Gasteiger partial charge in [0.1, 0.15) is 0 Å². The van der Waals surface area contributed by atoms with Crippen LogP contribution < -0.4 is 10.0 Å². The summed E-state index contributed by atoms with van der Waals surface area (Å²) in [6.45, 7) is 2.30. The molecule has 0 aliphatic carbocycles. The lowest BCUT2D eigenvalue weighted by Crippen LogP contribution is -2.31. The van der Waals surface area contributed by atoms with E-state index in [1.165, 1.54) is 15.7 Å². The smallest absolute Gasteiger partial charge is 0.259 e. The van der Waals surface area contributed by atoms with Gasteiger partial charge in [0.15, 0.2) is 15.1 Å². The Morgan fingerprint density at radius 3 is 3.00 bits per heavy atom. The van der Waals surface area contributed by atoms with Crippen LogP contribution in [0.25, 0.3) is 4.96 Å². The number of rotatable bonds is 6. The van der Waals surface area contributed by atoms with Gasteiger partial charge < -0.3 is 5.32 Å². The van der Waals surface area contributed by atoms with Crippen LogP contribution in [-0.4, -0.2) is 36.8 Å². The van der Waals surface area contributed by atoms with E-state index in [0.29, 0.717) is 11.5 Å². The first-order valence-corrected chi connectivity index (χ1v) is 8.57. The predicted molar refractivity (Wildman–Crippen MR) is 76.6 cm³/mol. The first kappa shape index (κ1) is 15.2. The molecule has 20 heavy (non-hydrogen) atoms. The summed E-state index contributed by atoms with van der Waals surface area (Å²) in [6.07, 6.45) is 1.65. The summed E-state index contributed by atoms with van der Waals surface area (Å²) >= 11 is 7.15. The molecule has 2 aromatic heterocycles. The summed E-state index contributed by atoms with van der Waals surface area (Å²) in [7, 11) is -3.81. The number of nitrogens with zero attached hydrogens (tertiary/aromatic N) is 2. The fourth-order valence-electron chi connectivity index (χ4n) is 1.63. The summed E-state index contributed by atoms with van der Waals surface area (Å²) in [5, 5.41) is 4.12. The quantitative estimate of drug-likeness (QED) is 0.818. The van der Waals surface area contributed by atoms with Gasteiger partial charge >= 0.3 is 0 Å². The third-order valence-corrected chi connectivity index (χ3v) is 5.07. The zero-order valence-corrected chi connectivity index (χ0v) is 13.0. The molecule has 0 saturated heterocycles. The SMILES string of the molecule is CCNC(=O)CCNS(=O)(=O)c1c(Cl)nc2sccn12. The zero-order chi connectivity index (χ0) is 14.8. The molecule has 2 rings (SSSR count). The van der Waals surface area contributed by atoms with Gasteiger partial charge in [-0.15, -0.1) is 11.3 Å². The molecule has 0 saturated carbocycles. The molecular formula is C10H13ClN4O3S2. The second kappa shape index (κ2) is 6.08. The molecule has 1 amide bonds. The largest absolute Gasteiger partial charge is 0.356 e. The second-order valence-electron chi connectivity index (χ2n) is 3.86. The van der Waals surface area contributed by atoms with E-state index in [0.717, 1.165) is 0 Å². The highest BCUT2D eigenvalue weighted by atomic mass is 35.5. The van der Waals surface area contributed by atoms with E-state index in [2.05, 4.69) is 15.0 Å². The molecule has 0 fully saturated rings. The molecule has 0 bridgehead atoms. The van der Waals surface area contributed by atoms with Gasteiger partial charge in [-0.1, -0.05) is 11.6 Å². The highest BCUT2D eigenvalue weighted by Crippen LogP contribution is 2.24. The van der Waals surface area contributed by atoms with Crippen molar-refractivity contribution in [3.63, 3.8) is 0 Å². The Kier molecular flexibility index (Phi) is 4.63. The number of aromatic nitrogens is 2. The highest BCUT2D eigenvalue weighted by molar-refractivity contribution is 7.89. The van der Waals surface area contributed by atoms with Crippen molar-refractivity contribution in [1.29, 1.82) is 0 Å². The molecule has 110 valence electrons. The number of fused-ring (bicyclic) bond motifs is 1. The van der Waals surface area contributed by atoms with Gasteiger partial charge in [-0.3, -0.25) is 9.20 Å². The van der Waals surface area contributed by atoms with Gasteiger partial charge in [-0.2, -0.15) is 0 Å². The first-order valence-electron chi connectivity index (χ1n) is 5.83. The zero-order valence-electron chi connectivity index (χ0n) is 10.6. The topological polar surface area (TPSA) is 92.6 Å². The van der Waals surface area contributed by atoms with Crippen molar-refractivity contribution in [3.8, 4) is 0 Å². The van der Waals surface area contributed by atoms with E-state index < -0.39 is 10.0 Å². The van der Waals surface area contributed by atoms with E-state index >= 15 is 0 Å². The molecule has 0 radical (unpaired) electrons. The second-order valence-corrected chi connectivity index (χ2v) is 6.78. The molecule has 0 spiro atoms. The van der Waals surface area contributed by atoms with Crippen molar-refractivity contribution in [2.45, 2.75) is 18.4 Å². The Morgan fingerprint density at radius 1 is 1.55 bits per heavy atom. The number of imidazole rings is 1. The van der Waals surface area contributed by atoms with Crippen LogP contribution in [0.2, 0.25) is 5.15 Å². The van der Waals surface area contributed by atoms with Crippen LogP contribution in [0.5, 0.6) is 0 Å². The normalized spacial score (nSPS) is 11.9. The van der Waals surface area contributed by atoms with Crippen LogP contribution in [-0.2, 0) is 14.8 Å². The molecule has 2 heterocycles. The number of sulfonamides is 1. The maximum absolute atomic E-state index is 12.2. The van der Waals surface area contributed by atoms with Crippen LogP contribution in [0.3, 0.4) is 0 Å². The number of amides is 1. The number of halogens is 1. The third-order valence-electron chi connectivity index (χ3n) is 2.45. The Balaban J connectivity index is 2.12. The first-order chi connectivity index (χ1) is 9.45. The van der Waals surface area contributed by atoms with Gasteiger partial charge in [0.05, 0.1) is 0 Å². The number of thiazole rings is 1. The van der Waals surface area contributed by atoms with Crippen molar-refractivity contribution < 1.29 is 13.2 Å².